The van der Waals surface area contributed by atoms with Gasteiger partial charge in [0.15, 0.2) is 0 Å². The lowest BCUT2D eigenvalue weighted by Crippen LogP contribution is -2.27. The molecule has 4 nitrogen and oxygen atoms in total. The fourth-order valence-corrected chi connectivity index (χ4v) is 2.32. The van der Waals surface area contributed by atoms with E-state index in [2.05, 4.69) is 4.79 Å². The van der Waals surface area contributed by atoms with Gasteiger partial charge in [-0.1, -0.05) is 54.6 Å². The fourth-order valence-electron chi connectivity index (χ4n) is 2.32. The number of carbonyl (C=O) groups excluding carboxylic acids is 2. The first-order valence-electron chi connectivity index (χ1n) is 6.40. The Balaban J connectivity index is 2.18. The van der Waals surface area contributed by atoms with Crippen LogP contribution in [0.4, 0.5) is 0 Å². The second-order valence-corrected chi connectivity index (χ2v) is 4.62. The molecule has 0 saturated carbocycles. The second kappa shape index (κ2) is 5.12. The predicted molar refractivity (Wildman–Crippen MR) is 78.1 cm³/mol. The van der Waals surface area contributed by atoms with E-state index in [1.54, 1.807) is 60.7 Å². The van der Waals surface area contributed by atoms with Crippen molar-refractivity contribution in [1.82, 2.24) is 0 Å². The molecular formula is C17H10N2O2. The molecule has 0 radical (unpaired) electrons. The van der Waals surface area contributed by atoms with Crippen LogP contribution in [-0.2, 0) is 0 Å². The number of ketones is 2. The van der Waals surface area contributed by atoms with Gasteiger partial charge in [-0.25, -0.2) is 0 Å². The van der Waals surface area contributed by atoms with Crippen molar-refractivity contribution in [3.63, 3.8) is 0 Å². The van der Waals surface area contributed by atoms with E-state index in [0.29, 0.717) is 16.7 Å². The van der Waals surface area contributed by atoms with Crippen LogP contribution in [0.2, 0.25) is 0 Å². The SMILES string of the molecule is [N-]=[N+]=C1C(=O)c2ccccc2C=C1C(=O)c1ccccc1. The van der Waals surface area contributed by atoms with Crippen molar-refractivity contribution in [2.24, 2.45) is 0 Å². The molecule has 0 atom stereocenters. The molecule has 0 unspecified atom stereocenters. The quantitative estimate of drug-likeness (QED) is 0.480. The Kier molecular flexibility index (Phi) is 3.14. The van der Waals surface area contributed by atoms with Crippen molar-refractivity contribution in [2.75, 3.05) is 0 Å². The van der Waals surface area contributed by atoms with E-state index in [-0.39, 0.29) is 17.1 Å². The summed E-state index contributed by atoms with van der Waals surface area (Å²) in [6.45, 7) is 0. The summed E-state index contributed by atoms with van der Waals surface area (Å²) < 4.78 is 0. The topological polar surface area (TPSA) is 70.5 Å². The largest absolute Gasteiger partial charge is 0.373 e. The van der Waals surface area contributed by atoms with Gasteiger partial charge < -0.3 is 5.53 Å². The first kappa shape index (κ1) is 12.9. The maximum atomic E-state index is 12.5. The molecule has 4 heteroatoms. The van der Waals surface area contributed by atoms with Gasteiger partial charge in [0.2, 0.25) is 5.78 Å². The average molecular weight is 274 g/mol. The number of fused-ring (bicyclic) bond motifs is 1. The monoisotopic (exact) mass is 274 g/mol. The number of nitrogens with zero attached hydrogens (tertiary/aromatic N) is 2. The van der Waals surface area contributed by atoms with Crippen LogP contribution in [0, 0.1) is 0 Å². The molecule has 0 aromatic heterocycles. The minimum atomic E-state index is -0.449. The number of rotatable bonds is 2. The Hall–Kier alpha value is -3.10. The summed E-state index contributed by atoms with van der Waals surface area (Å²) >= 11 is 0. The molecular weight excluding hydrogens is 264 g/mol. The van der Waals surface area contributed by atoms with Crippen molar-refractivity contribution in [1.29, 1.82) is 0 Å². The molecule has 100 valence electrons. The van der Waals surface area contributed by atoms with Gasteiger partial charge in [-0.15, -0.1) is 0 Å². The first-order chi connectivity index (χ1) is 10.2. The highest BCUT2D eigenvalue weighted by atomic mass is 16.1. The maximum Gasteiger partial charge on any atom is 0.373 e. The number of carbonyl (C=O) groups is 2. The fraction of sp³-hybridized carbons (Fsp3) is 0. The lowest BCUT2D eigenvalue weighted by atomic mass is 9.86. The molecule has 2 aromatic rings. The average Bonchev–Trinajstić information content (AvgIpc) is 2.55. The van der Waals surface area contributed by atoms with Crippen molar-refractivity contribution in [2.45, 2.75) is 0 Å². The molecule has 0 amide bonds. The number of benzene rings is 2. The zero-order valence-corrected chi connectivity index (χ0v) is 11.0. The summed E-state index contributed by atoms with van der Waals surface area (Å²) in [6.07, 6.45) is 1.58. The number of hydrogen-bond acceptors (Lipinski definition) is 2. The standard InChI is InChI=1S/C17H10N2O2/c18-19-15-14(16(20)11-6-2-1-3-7-11)10-12-8-4-5-9-13(12)17(15)21/h1-10H. The van der Waals surface area contributed by atoms with Crippen LogP contribution in [0.3, 0.4) is 0 Å². The number of hydrogen-bond donors (Lipinski definition) is 0. The number of allylic oxidation sites excluding steroid dienone is 1. The smallest absolute Gasteiger partial charge is 0.361 e. The van der Waals surface area contributed by atoms with Gasteiger partial charge in [-0.05, 0) is 11.6 Å². The summed E-state index contributed by atoms with van der Waals surface area (Å²) in [4.78, 5) is 27.9. The van der Waals surface area contributed by atoms with Crippen LogP contribution in [0.5, 0.6) is 0 Å². The van der Waals surface area contributed by atoms with Gasteiger partial charge in [0, 0.05) is 11.1 Å². The van der Waals surface area contributed by atoms with Crippen LogP contribution >= 0.6 is 0 Å². The van der Waals surface area contributed by atoms with Crippen molar-refractivity contribution < 1.29 is 14.4 Å². The zero-order chi connectivity index (χ0) is 14.8. The summed E-state index contributed by atoms with van der Waals surface area (Å²) in [5.74, 6) is -0.791. The summed E-state index contributed by atoms with van der Waals surface area (Å²) in [5.41, 5.74) is 10.5. The van der Waals surface area contributed by atoms with Crippen LogP contribution in [0.15, 0.2) is 60.2 Å². The van der Waals surface area contributed by atoms with Crippen LogP contribution in [0.1, 0.15) is 26.3 Å². The maximum absolute atomic E-state index is 12.5. The highest BCUT2D eigenvalue weighted by Crippen LogP contribution is 2.24. The summed E-state index contributed by atoms with van der Waals surface area (Å²) in [6, 6.07) is 15.5. The normalized spacial score (nSPS) is 13.2. The van der Waals surface area contributed by atoms with Gasteiger partial charge in [0.05, 0.1) is 0 Å². The molecule has 0 aliphatic heterocycles. The highest BCUT2D eigenvalue weighted by molar-refractivity contribution is 6.58. The third-order valence-corrected chi connectivity index (χ3v) is 3.36. The molecule has 21 heavy (non-hydrogen) atoms. The van der Waals surface area contributed by atoms with Crippen molar-refractivity contribution in [3.05, 3.63) is 82.4 Å². The molecule has 2 aromatic carbocycles. The van der Waals surface area contributed by atoms with E-state index in [4.69, 9.17) is 5.53 Å². The van der Waals surface area contributed by atoms with E-state index in [0.717, 1.165) is 0 Å². The van der Waals surface area contributed by atoms with Crippen LogP contribution in [0.25, 0.3) is 11.6 Å². The summed E-state index contributed by atoms with van der Waals surface area (Å²) in [7, 11) is 0. The molecule has 1 aliphatic carbocycles. The third kappa shape index (κ3) is 2.14. The zero-order valence-electron chi connectivity index (χ0n) is 11.0. The van der Waals surface area contributed by atoms with Gasteiger partial charge in [-0.3, -0.25) is 9.59 Å². The Morgan fingerprint density at radius 2 is 1.62 bits per heavy atom. The molecule has 0 bridgehead atoms. The van der Waals surface area contributed by atoms with Gasteiger partial charge >= 0.3 is 5.71 Å². The molecule has 0 fully saturated rings. The first-order valence-corrected chi connectivity index (χ1v) is 6.40. The third-order valence-electron chi connectivity index (χ3n) is 3.36. The predicted octanol–water partition coefficient (Wildman–Crippen LogP) is 2.82. The lowest BCUT2D eigenvalue weighted by molar-refractivity contribution is -0.00526. The van der Waals surface area contributed by atoms with Crippen LogP contribution < -0.4 is 0 Å². The van der Waals surface area contributed by atoms with E-state index in [9.17, 15) is 9.59 Å². The number of Topliss-reactive ketones (excluding diaryl/α,β-unsaturated/α-hetero) is 2. The second-order valence-electron chi connectivity index (χ2n) is 4.62. The Bertz CT molecular complexity index is 829. The molecule has 1 aliphatic rings. The lowest BCUT2D eigenvalue weighted by Gasteiger charge is -2.11. The highest BCUT2D eigenvalue weighted by Gasteiger charge is 2.36. The van der Waals surface area contributed by atoms with E-state index < -0.39 is 5.78 Å². The molecule has 0 saturated heterocycles. The van der Waals surface area contributed by atoms with Gasteiger partial charge in [0.25, 0.3) is 5.78 Å². The molecule has 0 heterocycles. The van der Waals surface area contributed by atoms with Crippen molar-refractivity contribution >= 4 is 23.4 Å². The minimum Gasteiger partial charge on any atom is -0.361 e. The Morgan fingerprint density at radius 1 is 0.952 bits per heavy atom. The van der Waals surface area contributed by atoms with Crippen molar-refractivity contribution in [3.8, 4) is 0 Å². The van der Waals surface area contributed by atoms with E-state index >= 15 is 0 Å². The molecule has 0 N–H and O–H groups in total. The molecule has 3 rings (SSSR count). The van der Waals surface area contributed by atoms with Gasteiger partial charge in [0.1, 0.15) is 5.57 Å². The van der Waals surface area contributed by atoms with E-state index in [1.807, 2.05) is 0 Å². The Morgan fingerprint density at radius 3 is 2.33 bits per heavy atom. The van der Waals surface area contributed by atoms with E-state index in [1.165, 1.54) is 0 Å². The van der Waals surface area contributed by atoms with Gasteiger partial charge in [-0.2, -0.15) is 4.79 Å². The minimum absolute atomic E-state index is 0.104. The summed E-state index contributed by atoms with van der Waals surface area (Å²) in [5, 5.41) is 0. The van der Waals surface area contributed by atoms with Crippen LogP contribution in [-0.4, -0.2) is 22.1 Å². The Labute approximate surface area is 121 Å². The molecule has 0 spiro atoms.